The summed E-state index contributed by atoms with van der Waals surface area (Å²) in [5.74, 6) is 1.11. The molecule has 0 unspecified atom stereocenters. The van der Waals surface area contributed by atoms with Gasteiger partial charge in [-0.05, 0) is 37.1 Å². The van der Waals surface area contributed by atoms with Gasteiger partial charge in [0.2, 0.25) is 5.91 Å². The van der Waals surface area contributed by atoms with Gasteiger partial charge >= 0.3 is 0 Å². The molecule has 152 valence electrons. The fourth-order valence-electron chi connectivity index (χ4n) is 3.38. The Kier molecular flexibility index (Phi) is 7.56. The molecule has 3 N–H and O–H groups in total. The average Bonchev–Trinajstić information content (AvgIpc) is 3.35. The Morgan fingerprint density at radius 2 is 2.04 bits per heavy atom. The lowest BCUT2D eigenvalue weighted by Crippen LogP contribution is -2.45. The zero-order valence-corrected chi connectivity index (χ0v) is 16.5. The van der Waals surface area contributed by atoms with Gasteiger partial charge in [-0.25, -0.2) is 0 Å². The highest BCUT2D eigenvalue weighted by Crippen LogP contribution is 2.19. The summed E-state index contributed by atoms with van der Waals surface area (Å²) < 4.78 is 5.38. The summed E-state index contributed by atoms with van der Waals surface area (Å²) in [7, 11) is 0. The van der Waals surface area contributed by atoms with Crippen LogP contribution in [0.2, 0.25) is 0 Å². The van der Waals surface area contributed by atoms with Crippen molar-refractivity contribution in [3.8, 4) is 11.5 Å². The largest absolute Gasteiger partial charge is 0.391 e. The number of aromatic nitrogens is 2. The molecule has 0 saturated carbocycles. The van der Waals surface area contributed by atoms with E-state index in [2.05, 4.69) is 27.7 Å². The second-order valence-corrected chi connectivity index (χ2v) is 7.38. The van der Waals surface area contributed by atoms with Crippen molar-refractivity contribution in [2.45, 2.75) is 70.6 Å². The Balaban J connectivity index is 1.47. The molecule has 28 heavy (non-hydrogen) atoms. The second-order valence-electron chi connectivity index (χ2n) is 7.38. The maximum atomic E-state index is 12.1. The molecule has 1 saturated heterocycles. The van der Waals surface area contributed by atoms with Gasteiger partial charge in [-0.3, -0.25) is 4.79 Å². The molecule has 2 atom stereocenters. The Morgan fingerprint density at radius 3 is 2.75 bits per heavy atom. The second kappa shape index (κ2) is 10.3. The molecule has 1 aliphatic rings. The van der Waals surface area contributed by atoms with Crippen molar-refractivity contribution in [3.63, 3.8) is 0 Å². The highest BCUT2D eigenvalue weighted by molar-refractivity contribution is 5.82. The van der Waals surface area contributed by atoms with Crippen LogP contribution in [-0.2, 0) is 17.8 Å². The molecular weight excluding hydrogens is 356 g/mol. The van der Waals surface area contributed by atoms with Crippen LogP contribution in [0.5, 0.6) is 0 Å². The number of benzene rings is 1. The topological polar surface area (TPSA) is 100 Å². The van der Waals surface area contributed by atoms with Gasteiger partial charge in [0.15, 0.2) is 5.82 Å². The Hall–Kier alpha value is -2.25. The van der Waals surface area contributed by atoms with Crippen LogP contribution in [0, 0.1) is 0 Å². The van der Waals surface area contributed by atoms with Crippen LogP contribution < -0.4 is 10.6 Å². The van der Waals surface area contributed by atoms with E-state index in [1.54, 1.807) is 0 Å². The third kappa shape index (κ3) is 5.62. The predicted octanol–water partition coefficient (Wildman–Crippen LogP) is 2.59. The molecule has 0 bridgehead atoms. The number of aliphatic hydroxyl groups excluding tert-OH is 1. The molecule has 7 heteroatoms. The number of nitrogens with zero attached hydrogens (tertiary/aromatic N) is 2. The number of carbonyl (C=O) groups excluding carboxylic acids is 1. The molecule has 3 rings (SSSR count). The van der Waals surface area contributed by atoms with E-state index in [4.69, 9.17) is 4.52 Å². The summed E-state index contributed by atoms with van der Waals surface area (Å²) in [6.45, 7) is 3.29. The van der Waals surface area contributed by atoms with Crippen molar-refractivity contribution in [1.29, 1.82) is 0 Å². The molecule has 0 aliphatic carbocycles. The maximum Gasteiger partial charge on any atom is 0.257 e. The van der Waals surface area contributed by atoms with E-state index in [1.165, 1.54) is 25.7 Å². The van der Waals surface area contributed by atoms with Crippen LogP contribution in [-0.4, -0.2) is 39.8 Å². The fraction of sp³-hybridized carbons (Fsp3) is 0.571. The van der Waals surface area contributed by atoms with Gasteiger partial charge in [0.1, 0.15) is 6.04 Å². The van der Waals surface area contributed by atoms with Gasteiger partial charge in [-0.2, -0.15) is 4.98 Å². The smallest absolute Gasteiger partial charge is 0.257 e. The first-order valence-electron chi connectivity index (χ1n) is 10.3. The Bertz CT molecular complexity index is 744. The van der Waals surface area contributed by atoms with Crippen molar-refractivity contribution in [1.82, 2.24) is 20.8 Å². The van der Waals surface area contributed by atoms with Crippen molar-refractivity contribution in [2.24, 2.45) is 0 Å². The minimum Gasteiger partial charge on any atom is -0.391 e. The number of aliphatic hydroxyl groups is 1. The molecule has 0 radical (unpaired) electrons. The Morgan fingerprint density at radius 1 is 1.25 bits per heavy atom. The van der Waals surface area contributed by atoms with E-state index >= 15 is 0 Å². The number of amides is 1. The number of hydrogen-bond acceptors (Lipinski definition) is 6. The molecule has 1 aromatic heterocycles. The maximum absolute atomic E-state index is 12.1. The summed E-state index contributed by atoms with van der Waals surface area (Å²) in [5, 5.41) is 19.7. The van der Waals surface area contributed by atoms with Crippen LogP contribution in [0.3, 0.4) is 0 Å². The first kappa shape index (κ1) is 20.5. The fourth-order valence-corrected chi connectivity index (χ4v) is 3.38. The number of unbranched alkanes of at least 4 members (excludes halogenated alkanes) is 4. The third-order valence-corrected chi connectivity index (χ3v) is 5.11. The molecule has 1 fully saturated rings. The summed E-state index contributed by atoms with van der Waals surface area (Å²) in [4.78, 5) is 16.6. The van der Waals surface area contributed by atoms with Crippen LogP contribution in [0.15, 0.2) is 28.8 Å². The standard InChI is InChI=1S/C21H30N4O3/c1-2-3-4-5-6-7-18-24-21(28-25-18)16-10-8-15(9-11-16)14-23-20(27)19-17(26)12-13-22-19/h8-11,17,19,22,26H,2-7,12-14H2,1H3,(H,23,27)/t17-,19-/m0/s1. The minimum absolute atomic E-state index is 0.172. The van der Waals surface area contributed by atoms with Gasteiger partial charge in [-0.1, -0.05) is 49.9 Å². The number of nitrogens with one attached hydrogen (secondary N) is 2. The van der Waals surface area contributed by atoms with E-state index in [0.29, 0.717) is 25.4 Å². The average molecular weight is 386 g/mol. The van der Waals surface area contributed by atoms with E-state index < -0.39 is 12.1 Å². The van der Waals surface area contributed by atoms with Crippen LogP contribution >= 0.6 is 0 Å². The van der Waals surface area contributed by atoms with Crippen molar-refractivity contribution >= 4 is 5.91 Å². The van der Waals surface area contributed by atoms with E-state index in [9.17, 15) is 9.90 Å². The van der Waals surface area contributed by atoms with Crippen molar-refractivity contribution in [3.05, 3.63) is 35.7 Å². The summed E-state index contributed by atoms with van der Waals surface area (Å²) >= 11 is 0. The van der Waals surface area contributed by atoms with Gasteiger partial charge in [0, 0.05) is 18.5 Å². The molecule has 1 aromatic carbocycles. The summed E-state index contributed by atoms with van der Waals surface area (Å²) in [6.07, 6.45) is 6.91. The number of hydrogen-bond donors (Lipinski definition) is 3. The van der Waals surface area contributed by atoms with Gasteiger partial charge < -0.3 is 20.3 Å². The van der Waals surface area contributed by atoms with Crippen LogP contribution in [0.4, 0.5) is 0 Å². The molecule has 2 aromatic rings. The highest BCUT2D eigenvalue weighted by atomic mass is 16.5. The first-order valence-corrected chi connectivity index (χ1v) is 10.3. The van der Waals surface area contributed by atoms with E-state index in [1.807, 2.05) is 24.3 Å². The van der Waals surface area contributed by atoms with Crippen LogP contribution in [0.25, 0.3) is 11.5 Å². The third-order valence-electron chi connectivity index (χ3n) is 5.11. The van der Waals surface area contributed by atoms with E-state index in [-0.39, 0.29) is 5.91 Å². The number of rotatable bonds is 10. The van der Waals surface area contributed by atoms with Crippen molar-refractivity contribution in [2.75, 3.05) is 6.54 Å². The molecule has 0 spiro atoms. The lowest BCUT2D eigenvalue weighted by Gasteiger charge is -2.14. The summed E-state index contributed by atoms with van der Waals surface area (Å²) in [6, 6.07) is 7.19. The zero-order valence-electron chi connectivity index (χ0n) is 16.5. The lowest BCUT2D eigenvalue weighted by atomic mass is 10.1. The SMILES string of the molecule is CCCCCCCc1noc(-c2ccc(CNC(=O)[C@H]3NCC[C@@H]3O)cc2)n1. The molecule has 2 heterocycles. The zero-order chi connectivity index (χ0) is 19.8. The van der Waals surface area contributed by atoms with Gasteiger partial charge in [0.05, 0.1) is 6.10 Å². The molecule has 1 amide bonds. The molecule has 7 nitrogen and oxygen atoms in total. The first-order chi connectivity index (χ1) is 13.7. The monoisotopic (exact) mass is 386 g/mol. The van der Waals surface area contributed by atoms with Crippen molar-refractivity contribution < 1.29 is 14.4 Å². The van der Waals surface area contributed by atoms with Gasteiger partial charge in [-0.15, -0.1) is 0 Å². The lowest BCUT2D eigenvalue weighted by molar-refractivity contribution is -0.124. The minimum atomic E-state index is -0.610. The highest BCUT2D eigenvalue weighted by Gasteiger charge is 2.30. The van der Waals surface area contributed by atoms with Gasteiger partial charge in [0.25, 0.3) is 5.89 Å². The Labute approximate surface area is 165 Å². The predicted molar refractivity (Wildman–Crippen MR) is 106 cm³/mol. The summed E-state index contributed by atoms with van der Waals surface area (Å²) in [5.41, 5.74) is 1.84. The molecular formula is C21H30N4O3. The number of carbonyl (C=O) groups is 1. The number of aryl methyl sites for hydroxylation is 1. The molecule has 1 aliphatic heterocycles. The van der Waals surface area contributed by atoms with Crippen LogP contribution in [0.1, 0.15) is 56.8 Å². The normalized spacial score (nSPS) is 19.1. The quantitative estimate of drug-likeness (QED) is 0.543. The van der Waals surface area contributed by atoms with E-state index in [0.717, 1.165) is 29.8 Å².